The average Bonchev–Trinajstić information content (AvgIpc) is 1.64. The molecule has 15 aromatic rings. The summed E-state index contributed by atoms with van der Waals surface area (Å²) in [7, 11) is 6.10. The summed E-state index contributed by atoms with van der Waals surface area (Å²) in [6.45, 7) is 5.42. The van der Waals surface area contributed by atoms with Crippen LogP contribution in [0.5, 0.6) is 0 Å². The number of nitrogens with zero attached hydrogens (tertiary/aromatic N) is 3. The second-order valence-electron chi connectivity index (χ2n) is 25.1. The third kappa shape index (κ3) is 10.2. The summed E-state index contributed by atoms with van der Waals surface area (Å²) < 4.78 is 75.4. The van der Waals surface area contributed by atoms with Crippen molar-refractivity contribution in [3.63, 3.8) is 0 Å². The fourth-order valence-electron chi connectivity index (χ4n) is 14.3. The van der Waals surface area contributed by atoms with Crippen molar-refractivity contribution in [1.29, 1.82) is 0 Å². The maximum absolute atomic E-state index is 9.10. The molecule has 2 aliphatic carbocycles. The summed E-state index contributed by atoms with van der Waals surface area (Å²) in [5.41, 5.74) is 18.1. The standard InChI is InChI=1S/C29H28NO.C28H26NO.C26H24NO/c1-19-16-26-24-13-12-21-10-6-7-11-23(21)29(24)31-28(26)18-25(19)27-17-22(14-15-30(27)2)20-8-4-3-5-9-20;1-18-15-25-23-12-11-20-9-5-6-10-22(20)28(23)30-27(25)17-24(18)26-16-21(13-14-29(26)2)19-7-3-4-8-19;1-16(2)19-11-12-27(4)24(14-19)22-15-25-23(13-17(22)3)21-10-9-18-7-5-6-8-20(18)26(21)28-25/h6-7,10-18,20H,3-5,8-9H2,1-2H3;5-6,9-17,19H,3-4,7-8H2,1-2H3;5-16H,1-4H3/q3*+1/i20D;19D;1D3,16D. The SMILES string of the molecule is [2H]C([2H])([2H])C([2H])(C)c1cc[n+](C)c(-c2cc3oc4c5ccccc5ccc4c3cc2C)c1.[2H]C1(c2cc[n+](C)c(-c3cc4oc5c6ccccc6ccc5c4cc3C)c2)CCCC1.[2H]C1(c2cc[n+](C)c(-c3cc4oc5c6ccccc6ccc5c4cc3C)c2)CCCCC1. The molecule has 6 heterocycles. The van der Waals surface area contributed by atoms with E-state index in [1.807, 2.05) is 49.0 Å². The molecule has 6 aromatic heterocycles. The largest absolute Gasteiger partial charge is 0.455 e. The topological polar surface area (TPSA) is 51.1 Å². The summed E-state index contributed by atoms with van der Waals surface area (Å²) in [6.07, 6.45) is 15.7. The summed E-state index contributed by atoms with van der Waals surface area (Å²) in [4.78, 5) is 0. The molecule has 89 heavy (non-hydrogen) atoms. The Morgan fingerprint density at radius 3 is 1.12 bits per heavy atom. The highest BCUT2D eigenvalue weighted by Gasteiger charge is 2.26. The number of furan rings is 3. The van der Waals surface area contributed by atoms with E-state index in [-0.39, 0.29) is 0 Å². The zero-order valence-electron chi connectivity index (χ0n) is 58.0. The van der Waals surface area contributed by atoms with Crippen molar-refractivity contribution in [2.24, 2.45) is 21.1 Å². The van der Waals surface area contributed by atoms with Gasteiger partial charge in [-0.25, -0.2) is 13.7 Å². The van der Waals surface area contributed by atoms with Gasteiger partial charge in [-0.2, -0.15) is 0 Å². The predicted molar refractivity (Wildman–Crippen MR) is 369 cm³/mol. The van der Waals surface area contributed by atoms with Crippen molar-refractivity contribution in [1.82, 2.24) is 0 Å². The molecule has 0 amide bonds. The molecule has 0 saturated heterocycles. The molecule has 0 radical (unpaired) electrons. The summed E-state index contributed by atoms with van der Waals surface area (Å²) in [5, 5.41) is 13.7. The first-order chi connectivity index (χ1) is 45.6. The summed E-state index contributed by atoms with van der Waals surface area (Å²) in [6, 6.07) is 63.2. The molecule has 9 aromatic carbocycles. The minimum absolute atomic E-state index is 0.445. The van der Waals surface area contributed by atoms with Crippen LogP contribution in [0.15, 0.2) is 214 Å². The molecule has 17 rings (SSSR count). The Bertz CT molecular complexity index is 5570. The van der Waals surface area contributed by atoms with Gasteiger partial charge >= 0.3 is 0 Å². The van der Waals surface area contributed by atoms with E-state index in [0.29, 0.717) is 5.56 Å². The van der Waals surface area contributed by atoms with E-state index >= 15 is 0 Å². The lowest BCUT2D eigenvalue weighted by Gasteiger charge is -2.21. The van der Waals surface area contributed by atoms with Crippen LogP contribution in [-0.2, 0) is 21.1 Å². The fraction of sp³-hybridized carbons (Fsp3) is 0.241. The van der Waals surface area contributed by atoms with Gasteiger partial charge in [-0.1, -0.05) is 137 Å². The minimum atomic E-state index is -2.43. The number of hydrogen-bond donors (Lipinski definition) is 0. The highest BCUT2D eigenvalue weighted by atomic mass is 16.3. The molecule has 0 spiro atoms. The minimum Gasteiger partial charge on any atom is -0.455 e. The Labute approximate surface area is 529 Å². The normalized spacial score (nSPS) is 16.6. The number of fused-ring (bicyclic) bond motifs is 15. The van der Waals surface area contributed by atoms with Gasteiger partial charge in [-0.3, -0.25) is 0 Å². The number of aromatic nitrogens is 3. The van der Waals surface area contributed by atoms with E-state index in [1.54, 1.807) is 6.07 Å². The smallest absolute Gasteiger partial charge is 0.212 e. The van der Waals surface area contributed by atoms with Crippen LogP contribution in [0.1, 0.15) is 131 Å². The van der Waals surface area contributed by atoms with Crippen molar-refractivity contribution in [3.8, 4) is 33.8 Å². The van der Waals surface area contributed by atoms with Crippen molar-refractivity contribution >= 4 is 98.1 Å². The molecular weight excluding hydrogens is 1090 g/mol. The third-order valence-electron chi connectivity index (χ3n) is 19.3. The van der Waals surface area contributed by atoms with Crippen molar-refractivity contribution in [2.45, 2.75) is 110 Å². The maximum atomic E-state index is 9.10. The van der Waals surface area contributed by atoms with Gasteiger partial charge in [0, 0.05) is 93.1 Å². The zero-order valence-corrected chi connectivity index (χ0v) is 52.0. The highest BCUT2D eigenvalue weighted by molar-refractivity contribution is 6.18. The molecule has 440 valence electrons. The molecule has 2 fully saturated rings. The van der Waals surface area contributed by atoms with Gasteiger partial charge in [0.25, 0.3) is 0 Å². The molecule has 1 unspecified atom stereocenters. The van der Waals surface area contributed by atoms with E-state index in [1.165, 1.54) is 51.8 Å². The molecule has 2 aliphatic rings. The Morgan fingerprint density at radius 2 is 0.742 bits per heavy atom. The monoisotopic (exact) mass is 1170 g/mol. The van der Waals surface area contributed by atoms with Crippen LogP contribution < -0.4 is 13.7 Å². The molecule has 0 aliphatic heterocycles. The molecule has 0 bridgehead atoms. The van der Waals surface area contributed by atoms with Gasteiger partial charge in [-0.15, -0.1) is 0 Å². The maximum Gasteiger partial charge on any atom is 0.212 e. The molecular formula is C83H78N3O3+3. The number of rotatable bonds is 6. The second kappa shape index (κ2) is 23.0. The summed E-state index contributed by atoms with van der Waals surface area (Å²) in [5.74, 6) is -2.61. The van der Waals surface area contributed by atoms with Gasteiger partial charge in [-0.05, 0) is 168 Å². The lowest BCUT2D eigenvalue weighted by Crippen LogP contribution is -2.31. The number of aryl methyl sites for hydroxylation is 6. The lowest BCUT2D eigenvalue weighted by atomic mass is 9.84. The van der Waals surface area contributed by atoms with E-state index in [9.17, 15) is 0 Å². The fourth-order valence-corrected chi connectivity index (χ4v) is 14.3. The highest BCUT2D eigenvalue weighted by Crippen LogP contribution is 2.43. The molecule has 6 nitrogen and oxygen atoms in total. The predicted octanol–water partition coefficient (Wildman–Crippen LogP) is 21.4. The van der Waals surface area contributed by atoms with Gasteiger partial charge in [0.2, 0.25) is 17.1 Å². The second-order valence-corrected chi connectivity index (χ2v) is 25.1. The van der Waals surface area contributed by atoms with E-state index in [4.69, 9.17) is 21.5 Å². The first-order valence-corrected chi connectivity index (χ1v) is 31.7. The Hall–Kier alpha value is -9.39. The van der Waals surface area contributed by atoms with Crippen LogP contribution in [0.4, 0.5) is 0 Å². The van der Waals surface area contributed by atoms with E-state index in [2.05, 4.69) is 201 Å². The van der Waals surface area contributed by atoms with E-state index in [0.717, 1.165) is 173 Å². The first kappa shape index (κ1) is 49.6. The molecule has 1 atom stereocenters. The Morgan fingerprint density at radius 1 is 0.393 bits per heavy atom. The van der Waals surface area contributed by atoms with E-state index < -0.39 is 24.5 Å². The first-order valence-electron chi connectivity index (χ1n) is 34.7. The molecule has 2 saturated carbocycles. The van der Waals surface area contributed by atoms with Crippen molar-refractivity contribution < 1.29 is 35.2 Å². The van der Waals surface area contributed by atoms with Gasteiger partial charge < -0.3 is 13.3 Å². The van der Waals surface area contributed by atoms with Crippen LogP contribution in [0.2, 0.25) is 0 Å². The third-order valence-corrected chi connectivity index (χ3v) is 19.3. The summed E-state index contributed by atoms with van der Waals surface area (Å²) >= 11 is 0. The number of pyridine rings is 3. The molecule has 0 N–H and O–H groups in total. The van der Waals surface area contributed by atoms with Crippen LogP contribution in [0.3, 0.4) is 0 Å². The Balaban J connectivity index is 0.000000117. The van der Waals surface area contributed by atoms with Crippen molar-refractivity contribution in [2.75, 3.05) is 0 Å². The molecule has 6 heteroatoms. The zero-order chi connectivity index (χ0) is 65.9. The quantitative estimate of drug-likeness (QED) is 0.156. The number of hydrogen-bond acceptors (Lipinski definition) is 3. The number of benzene rings is 9. The Kier molecular flexibility index (Phi) is 12.8. The average molecular weight is 1170 g/mol. The van der Waals surface area contributed by atoms with Gasteiger partial charge in [0.15, 0.2) is 18.6 Å². The van der Waals surface area contributed by atoms with Crippen LogP contribution >= 0.6 is 0 Å². The van der Waals surface area contributed by atoms with Gasteiger partial charge in [0.05, 0.1) is 16.7 Å². The van der Waals surface area contributed by atoms with Crippen molar-refractivity contribution in [3.05, 3.63) is 234 Å². The van der Waals surface area contributed by atoms with Gasteiger partial charge in [0.1, 0.15) is 54.6 Å². The van der Waals surface area contributed by atoms with Crippen LogP contribution in [-0.4, -0.2) is 0 Å². The van der Waals surface area contributed by atoms with Crippen LogP contribution in [0, 0.1) is 20.8 Å². The lowest BCUT2D eigenvalue weighted by molar-refractivity contribution is -0.660. The van der Waals surface area contributed by atoms with Crippen LogP contribution in [0.25, 0.3) is 132 Å².